The summed E-state index contributed by atoms with van der Waals surface area (Å²) in [6.45, 7) is 7.92. The van der Waals surface area contributed by atoms with Crippen LogP contribution in [0.5, 0.6) is 0 Å². The Morgan fingerprint density at radius 3 is 2.54 bits per heavy atom. The minimum atomic E-state index is -4.67. The Kier molecular flexibility index (Phi) is 5.49. The fraction of sp³-hybridized carbons (Fsp3) is 0.611. The number of hydrogen-bond acceptors (Lipinski definition) is 3. The van der Waals surface area contributed by atoms with Crippen LogP contribution >= 0.6 is 11.6 Å². The van der Waals surface area contributed by atoms with Crippen molar-refractivity contribution in [2.75, 3.05) is 0 Å². The van der Waals surface area contributed by atoms with Crippen LogP contribution in [-0.4, -0.2) is 25.5 Å². The van der Waals surface area contributed by atoms with Crippen LogP contribution in [0.25, 0.3) is 0 Å². The van der Waals surface area contributed by atoms with Crippen molar-refractivity contribution in [3.8, 4) is 0 Å². The number of carbonyl (C=O) groups is 1. The molecule has 0 aromatic carbocycles. The maximum atomic E-state index is 13.2. The van der Waals surface area contributed by atoms with Gasteiger partial charge in [0.05, 0.1) is 23.0 Å². The van der Waals surface area contributed by atoms with E-state index in [4.69, 9.17) is 11.6 Å². The van der Waals surface area contributed by atoms with Crippen molar-refractivity contribution in [1.82, 2.24) is 24.9 Å². The summed E-state index contributed by atoms with van der Waals surface area (Å²) in [5, 5.41) is 10.4. The number of alkyl halides is 3. The average Bonchev–Trinajstić information content (AvgIpc) is 3.28. The van der Waals surface area contributed by atoms with Gasteiger partial charge in [-0.05, 0) is 40.5 Å². The molecular weight excluding hydrogens is 395 g/mol. The summed E-state index contributed by atoms with van der Waals surface area (Å²) in [5.74, 6) is -0.514. The quantitative estimate of drug-likeness (QED) is 0.757. The van der Waals surface area contributed by atoms with E-state index in [0.717, 1.165) is 28.8 Å². The number of aryl methyl sites for hydroxylation is 1. The van der Waals surface area contributed by atoms with Crippen LogP contribution in [-0.2, 0) is 17.5 Å². The molecular formula is C18H23ClF3N5O. The zero-order chi connectivity index (χ0) is 20.8. The van der Waals surface area contributed by atoms with Crippen molar-refractivity contribution < 1.29 is 18.0 Å². The molecule has 2 aromatic rings. The average molecular weight is 418 g/mol. The monoisotopic (exact) mass is 417 g/mol. The Balaban J connectivity index is 1.84. The summed E-state index contributed by atoms with van der Waals surface area (Å²) in [6.07, 6.45) is -1.50. The van der Waals surface area contributed by atoms with E-state index in [1.54, 1.807) is 6.20 Å². The molecule has 1 N–H and O–H groups in total. The SMILES string of the molecule is CCn1ncc(C(C)NC(=O)C(C)n2nc(C(F)(F)F)c(Cl)c2C2CC2)c1C. The van der Waals surface area contributed by atoms with Crippen LogP contribution in [0.1, 0.15) is 74.3 Å². The molecule has 2 atom stereocenters. The number of nitrogens with one attached hydrogen (secondary N) is 1. The Hall–Kier alpha value is -2.03. The molecule has 3 rings (SSSR count). The second-order valence-electron chi connectivity index (χ2n) is 7.17. The zero-order valence-electron chi connectivity index (χ0n) is 16.1. The molecule has 0 spiro atoms. The molecule has 0 radical (unpaired) electrons. The summed E-state index contributed by atoms with van der Waals surface area (Å²) in [5.41, 5.74) is 0.950. The van der Waals surface area contributed by atoms with Crippen molar-refractivity contribution in [3.05, 3.63) is 33.9 Å². The third-order valence-corrected chi connectivity index (χ3v) is 5.50. The van der Waals surface area contributed by atoms with Gasteiger partial charge in [-0.1, -0.05) is 11.6 Å². The number of carbonyl (C=O) groups excluding carboxylic acids is 1. The zero-order valence-corrected chi connectivity index (χ0v) is 16.9. The van der Waals surface area contributed by atoms with E-state index in [9.17, 15) is 18.0 Å². The highest BCUT2D eigenvalue weighted by Gasteiger charge is 2.43. The van der Waals surface area contributed by atoms with E-state index in [1.807, 2.05) is 25.5 Å². The number of amides is 1. The molecule has 2 heterocycles. The number of nitrogens with zero attached hydrogens (tertiary/aromatic N) is 4. The lowest BCUT2D eigenvalue weighted by molar-refractivity contribution is -0.141. The first kappa shape index (κ1) is 20.7. The van der Waals surface area contributed by atoms with Crippen molar-refractivity contribution >= 4 is 17.5 Å². The molecule has 1 saturated carbocycles. The molecule has 1 fully saturated rings. The van der Waals surface area contributed by atoms with Crippen LogP contribution in [0.4, 0.5) is 13.2 Å². The van der Waals surface area contributed by atoms with E-state index in [0.29, 0.717) is 12.2 Å². The smallest absolute Gasteiger partial charge is 0.348 e. The number of aromatic nitrogens is 4. The van der Waals surface area contributed by atoms with Gasteiger partial charge in [-0.2, -0.15) is 23.4 Å². The van der Waals surface area contributed by atoms with Crippen molar-refractivity contribution in [3.63, 3.8) is 0 Å². The van der Waals surface area contributed by atoms with Gasteiger partial charge in [-0.3, -0.25) is 14.2 Å². The van der Waals surface area contributed by atoms with Gasteiger partial charge in [0, 0.05) is 23.7 Å². The fourth-order valence-electron chi connectivity index (χ4n) is 3.35. The van der Waals surface area contributed by atoms with E-state index in [1.165, 1.54) is 6.92 Å². The molecule has 6 nitrogen and oxygen atoms in total. The molecule has 0 aliphatic heterocycles. The van der Waals surface area contributed by atoms with E-state index in [-0.39, 0.29) is 12.0 Å². The normalized spacial score (nSPS) is 16.9. The van der Waals surface area contributed by atoms with Gasteiger partial charge < -0.3 is 5.32 Å². The van der Waals surface area contributed by atoms with Crippen LogP contribution in [0, 0.1) is 6.92 Å². The van der Waals surface area contributed by atoms with Gasteiger partial charge in [0.1, 0.15) is 6.04 Å². The van der Waals surface area contributed by atoms with E-state index >= 15 is 0 Å². The molecule has 10 heteroatoms. The highest BCUT2D eigenvalue weighted by Crippen LogP contribution is 2.47. The lowest BCUT2D eigenvalue weighted by atomic mass is 10.1. The van der Waals surface area contributed by atoms with Crippen molar-refractivity contribution in [2.45, 2.75) is 71.3 Å². The predicted octanol–water partition coefficient (Wildman–Crippen LogP) is 4.40. The summed E-state index contributed by atoms with van der Waals surface area (Å²) in [6, 6.07) is -1.26. The van der Waals surface area contributed by atoms with E-state index in [2.05, 4.69) is 15.5 Å². The number of hydrogen-bond donors (Lipinski definition) is 1. The van der Waals surface area contributed by atoms with Crippen LogP contribution < -0.4 is 5.32 Å². The third kappa shape index (κ3) is 3.76. The predicted molar refractivity (Wildman–Crippen MR) is 98.1 cm³/mol. The summed E-state index contributed by atoms with van der Waals surface area (Å²) < 4.78 is 42.6. The maximum Gasteiger partial charge on any atom is 0.436 e. The first-order chi connectivity index (χ1) is 13.1. The van der Waals surface area contributed by atoms with Gasteiger partial charge in [0.15, 0.2) is 5.69 Å². The first-order valence-corrected chi connectivity index (χ1v) is 9.61. The summed E-state index contributed by atoms with van der Waals surface area (Å²) in [7, 11) is 0. The minimum Gasteiger partial charge on any atom is -0.348 e. The molecule has 0 saturated heterocycles. The standard InChI is InChI=1S/C18H23ClF3N5O/c1-5-26-10(3)13(8-23-26)9(2)24-17(28)11(4)27-15(12-6-7-12)14(19)16(25-27)18(20,21)22/h8-9,11-12H,5-7H2,1-4H3,(H,24,28). The van der Waals surface area contributed by atoms with Crippen molar-refractivity contribution in [1.29, 1.82) is 0 Å². The van der Waals surface area contributed by atoms with Crippen molar-refractivity contribution in [2.24, 2.45) is 0 Å². The summed E-state index contributed by atoms with van der Waals surface area (Å²) >= 11 is 5.99. The number of halogens is 4. The lowest BCUT2D eigenvalue weighted by Gasteiger charge is -2.19. The Morgan fingerprint density at radius 1 is 1.39 bits per heavy atom. The van der Waals surface area contributed by atoms with Crippen LogP contribution in [0.15, 0.2) is 6.20 Å². The highest BCUT2D eigenvalue weighted by atomic mass is 35.5. The van der Waals surface area contributed by atoms with Crippen LogP contribution in [0.2, 0.25) is 5.02 Å². The Morgan fingerprint density at radius 2 is 2.04 bits per heavy atom. The second-order valence-corrected chi connectivity index (χ2v) is 7.55. The van der Waals surface area contributed by atoms with Gasteiger partial charge >= 0.3 is 6.18 Å². The minimum absolute atomic E-state index is 0.0891. The molecule has 1 aliphatic rings. The third-order valence-electron chi connectivity index (χ3n) is 5.13. The molecule has 2 unspecified atom stereocenters. The highest BCUT2D eigenvalue weighted by molar-refractivity contribution is 6.32. The first-order valence-electron chi connectivity index (χ1n) is 9.24. The molecule has 1 amide bonds. The maximum absolute atomic E-state index is 13.2. The lowest BCUT2D eigenvalue weighted by Crippen LogP contribution is -2.34. The van der Waals surface area contributed by atoms with Gasteiger partial charge in [0.25, 0.3) is 0 Å². The molecule has 28 heavy (non-hydrogen) atoms. The van der Waals surface area contributed by atoms with Gasteiger partial charge in [0.2, 0.25) is 5.91 Å². The number of rotatable bonds is 6. The van der Waals surface area contributed by atoms with Crippen LogP contribution in [0.3, 0.4) is 0 Å². The van der Waals surface area contributed by atoms with Gasteiger partial charge in [-0.15, -0.1) is 0 Å². The largest absolute Gasteiger partial charge is 0.436 e. The molecule has 2 aromatic heterocycles. The summed E-state index contributed by atoms with van der Waals surface area (Å²) in [4.78, 5) is 12.8. The topological polar surface area (TPSA) is 64.7 Å². The Labute approximate surface area is 166 Å². The molecule has 0 bridgehead atoms. The second kappa shape index (κ2) is 7.42. The fourth-order valence-corrected chi connectivity index (χ4v) is 3.74. The molecule has 1 aliphatic carbocycles. The van der Waals surface area contributed by atoms with E-state index < -0.39 is 28.8 Å². The van der Waals surface area contributed by atoms with Gasteiger partial charge in [-0.25, -0.2) is 0 Å². The Bertz CT molecular complexity index is 885. The molecule has 154 valence electrons.